The zero-order valence-electron chi connectivity index (χ0n) is 17.3. The predicted octanol–water partition coefficient (Wildman–Crippen LogP) is 6.47. The Hall–Kier alpha value is -2.66. The number of amides is 1. The molecule has 29 heavy (non-hydrogen) atoms. The molecule has 0 atom stereocenters. The van der Waals surface area contributed by atoms with E-state index >= 15 is 0 Å². The van der Waals surface area contributed by atoms with E-state index < -0.39 is 0 Å². The first-order valence-electron chi connectivity index (χ1n) is 9.66. The quantitative estimate of drug-likeness (QED) is 0.520. The Morgan fingerprint density at radius 3 is 2.10 bits per heavy atom. The average molecular weight is 414 g/mol. The smallest absolute Gasteiger partial charge is 0.260 e. The lowest BCUT2D eigenvalue weighted by Gasteiger charge is -2.20. The zero-order chi connectivity index (χ0) is 21.3. The first-order valence-corrected chi connectivity index (χ1v) is 10.0. The van der Waals surface area contributed by atoms with Crippen LogP contribution in [0.1, 0.15) is 66.7 Å². The molecule has 1 amide bonds. The van der Waals surface area contributed by atoms with Crippen molar-refractivity contribution in [2.75, 3.05) is 5.32 Å². The number of aryl methyl sites for hydroxylation is 1. The van der Waals surface area contributed by atoms with Crippen LogP contribution in [0.2, 0.25) is 5.15 Å². The van der Waals surface area contributed by atoms with E-state index in [1.807, 2.05) is 18.2 Å². The van der Waals surface area contributed by atoms with Crippen LogP contribution in [0.25, 0.3) is 5.69 Å². The summed E-state index contributed by atoms with van der Waals surface area (Å²) in [5, 5.41) is 7.66. The zero-order valence-corrected chi connectivity index (χ0v) is 18.0. The van der Waals surface area contributed by atoms with Crippen LogP contribution >= 0.6 is 11.6 Å². The highest BCUT2D eigenvalue weighted by atomic mass is 35.5. The maximum atomic E-state index is 13.2. The summed E-state index contributed by atoms with van der Waals surface area (Å²) in [6.07, 6.45) is 0. The fraction of sp³-hybridized carbons (Fsp3) is 0.304. The number of hydrogen-bond donors (Lipinski definition) is 1. The Labute approximate surface area is 175 Å². The van der Waals surface area contributed by atoms with Gasteiger partial charge in [-0.3, -0.25) is 4.79 Å². The van der Waals surface area contributed by atoms with Crippen LogP contribution in [-0.4, -0.2) is 15.7 Å². The van der Waals surface area contributed by atoms with E-state index in [4.69, 9.17) is 11.6 Å². The monoisotopic (exact) mass is 413 g/mol. The van der Waals surface area contributed by atoms with Gasteiger partial charge < -0.3 is 5.32 Å². The van der Waals surface area contributed by atoms with E-state index in [1.54, 1.807) is 19.1 Å². The van der Waals surface area contributed by atoms with Crippen LogP contribution in [0.3, 0.4) is 0 Å². The van der Waals surface area contributed by atoms with Gasteiger partial charge in [0.1, 0.15) is 16.5 Å². The summed E-state index contributed by atoms with van der Waals surface area (Å²) in [7, 11) is 0. The van der Waals surface area contributed by atoms with Gasteiger partial charge in [0, 0.05) is 5.69 Å². The lowest BCUT2D eigenvalue weighted by molar-refractivity contribution is 0.102. The summed E-state index contributed by atoms with van der Waals surface area (Å²) in [4.78, 5) is 13.2. The lowest BCUT2D eigenvalue weighted by atomic mass is 9.92. The van der Waals surface area contributed by atoms with Crippen molar-refractivity contribution in [2.45, 2.75) is 46.5 Å². The Bertz CT molecular complexity index is 1010. The van der Waals surface area contributed by atoms with Crippen molar-refractivity contribution in [1.82, 2.24) is 9.78 Å². The van der Waals surface area contributed by atoms with E-state index in [0.717, 1.165) is 16.8 Å². The van der Waals surface area contributed by atoms with Gasteiger partial charge >= 0.3 is 0 Å². The maximum Gasteiger partial charge on any atom is 0.260 e. The molecule has 0 aliphatic carbocycles. The third kappa shape index (κ3) is 4.20. The van der Waals surface area contributed by atoms with Crippen molar-refractivity contribution in [1.29, 1.82) is 0 Å². The van der Waals surface area contributed by atoms with Gasteiger partial charge in [-0.1, -0.05) is 57.5 Å². The Balaban J connectivity index is 2.02. The summed E-state index contributed by atoms with van der Waals surface area (Å²) in [6.45, 7) is 10.1. The molecule has 4 nitrogen and oxygen atoms in total. The molecule has 0 aliphatic rings. The van der Waals surface area contributed by atoms with Gasteiger partial charge in [-0.25, -0.2) is 9.07 Å². The molecular formula is C23H25ClFN3O. The van der Waals surface area contributed by atoms with Crippen LogP contribution in [0.5, 0.6) is 0 Å². The van der Waals surface area contributed by atoms with Crippen LogP contribution in [0.15, 0.2) is 42.5 Å². The number of anilines is 1. The van der Waals surface area contributed by atoms with Crippen molar-refractivity contribution in [3.8, 4) is 5.69 Å². The second kappa shape index (κ2) is 8.37. The van der Waals surface area contributed by atoms with Crippen LogP contribution in [-0.2, 0) is 0 Å². The second-order valence-corrected chi connectivity index (χ2v) is 8.07. The van der Waals surface area contributed by atoms with Gasteiger partial charge in [0.2, 0.25) is 0 Å². The molecule has 0 saturated heterocycles. The van der Waals surface area contributed by atoms with E-state index in [-0.39, 0.29) is 28.7 Å². The van der Waals surface area contributed by atoms with Crippen LogP contribution < -0.4 is 5.32 Å². The summed E-state index contributed by atoms with van der Waals surface area (Å²) < 4.78 is 14.7. The number of carbonyl (C=O) groups excluding carboxylic acids is 1. The topological polar surface area (TPSA) is 46.9 Å². The molecular weight excluding hydrogens is 389 g/mol. The number of aromatic nitrogens is 2. The number of nitrogens with zero attached hydrogens (tertiary/aromatic N) is 2. The average Bonchev–Trinajstić information content (AvgIpc) is 2.96. The van der Waals surface area contributed by atoms with Gasteiger partial charge in [0.25, 0.3) is 5.91 Å². The summed E-state index contributed by atoms with van der Waals surface area (Å²) >= 11 is 6.52. The van der Waals surface area contributed by atoms with E-state index in [2.05, 4.69) is 38.1 Å². The molecule has 0 saturated carbocycles. The molecule has 0 spiro atoms. The van der Waals surface area contributed by atoms with Gasteiger partial charge in [0.05, 0.1) is 11.4 Å². The molecule has 1 N–H and O–H groups in total. The third-order valence-corrected chi connectivity index (χ3v) is 5.26. The highest BCUT2D eigenvalue weighted by Gasteiger charge is 2.24. The minimum absolute atomic E-state index is 0.194. The molecule has 1 heterocycles. The molecule has 0 unspecified atom stereocenters. The van der Waals surface area contributed by atoms with Crippen molar-refractivity contribution >= 4 is 23.2 Å². The summed E-state index contributed by atoms with van der Waals surface area (Å²) in [6, 6.07) is 11.9. The van der Waals surface area contributed by atoms with E-state index in [0.29, 0.717) is 16.9 Å². The summed E-state index contributed by atoms with van der Waals surface area (Å²) in [5.74, 6) is -0.154. The molecule has 3 rings (SSSR count). The molecule has 0 aliphatic heterocycles. The fourth-order valence-corrected chi connectivity index (χ4v) is 3.74. The SMILES string of the molecule is Cc1nn(-c2ccc(F)cc2)c(Cl)c1C(=O)Nc1c(C(C)C)cccc1C(C)C. The molecule has 0 bridgehead atoms. The minimum Gasteiger partial charge on any atom is -0.321 e. The third-order valence-electron chi connectivity index (χ3n) is 4.91. The largest absolute Gasteiger partial charge is 0.321 e. The molecule has 2 aromatic carbocycles. The normalized spacial score (nSPS) is 11.3. The number of benzene rings is 2. The van der Waals surface area contributed by atoms with Gasteiger partial charge in [-0.2, -0.15) is 5.10 Å². The van der Waals surface area contributed by atoms with Gasteiger partial charge in [-0.15, -0.1) is 0 Å². The molecule has 152 valence electrons. The molecule has 0 fully saturated rings. The predicted molar refractivity (Wildman–Crippen MR) is 116 cm³/mol. The number of halogens is 2. The fourth-order valence-electron chi connectivity index (χ4n) is 3.38. The van der Waals surface area contributed by atoms with Crippen molar-refractivity contribution in [3.05, 3.63) is 75.8 Å². The molecule has 3 aromatic rings. The number of hydrogen-bond acceptors (Lipinski definition) is 2. The van der Waals surface area contributed by atoms with Crippen molar-refractivity contribution in [3.63, 3.8) is 0 Å². The number of carbonyl (C=O) groups is 1. The van der Waals surface area contributed by atoms with Gasteiger partial charge in [-0.05, 0) is 54.2 Å². The van der Waals surface area contributed by atoms with E-state index in [9.17, 15) is 9.18 Å². The number of rotatable bonds is 5. The van der Waals surface area contributed by atoms with E-state index in [1.165, 1.54) is 16.8 Å². The van der Waals surface area contributed by atoms with Crippen LogP contribution in [0.4, 0.5) is 10.1 Å². The standard InChI is InChI=1S/C23H25ClFN3O/c1-13(2)18-7-6-8-19(14(3)4)21(18)26-23(29)20-15(5)27-28(22(20)24)17-11-9-16(25)10-12-17/h6-14H,1-5H3,(H,26,29). The Morgan fingerprint density at radius 1 is 1.03 bits per heavy atom. The maximum absolute atomic E-state index is 13.2. The Morgan fingerprint density at radius 2 is 1.59 bits per heavy atom. The number of nitrogens with one attached hydrogen (secondary N) is 1. The lowest BCUT2D eigenvalue weighted by Crippen LogP contribution is -2.17. The highest BCUT2D eigenvalue weighted by Crippen LogP contribution is 2.33. The van der Waals surface area contributed by atoms with Gasteiger partial charge in [0.15, 0.2) is 0 Å². The number of para-hydroxylation sites is 1. The van der Waals surface area contributed by atoms with Crippen LogP contribution in [0, 0.1) is 12.7 Å². The first kappa shape index (κ1) is 21.1. The molecule has 1 aromatic heterocycles. The van der Waals surface area contributed by atoms with Crippen molar-refractivity contribution < 1.29 is 9.18 Å². The minimum atomic E-state index is -0.349. The second-order valence-electron chi connectivity index (χ2n) is 7.71. The molecule has 6 heteroatoms. The highest BCUT2D eigenvalue weighted by molar-refractivity contribution is 6.34. The Kier molecular flexibility index (Phi) is 6.08. The molecule has 0 radical (unpaired) electrons. The summed E-state index contributed by atoms with van der Waals surface area (Å²) in [5.41, 5.74) is 4.37. The van der Waals surface area contributed by atoms with Crippen molar-refractivity contribution in [2.24, 2.45) is 0 Å². The first-order chi connectivity index (χ1) is 13.7.